The van der Waals surface area contributed by atoms with Crippen LogP contribution in [0, 0.1) is 5.82 Å². The van der Waals surface area contributed by atoms with Gasteiger partial charge in [0.2, 0.25) is 5.91 Å². The Kier molecular flexibility index (Phi) is 6.13. The fourth-order valence-electron chi connectivity index (χ4n) is 2.91. The van der Waals surface area contributed by atoms with Crippen molar-refractivity contribution in [1.82, 2.24) is 4.90 Å². The van der Waals surface area contributed by atoms with Gasteiger partial charge in [0.1, 0.15) is 18.1 Å². The Bertz CT molecular complexity index is 641. The Hall–Kier alpha value is -1.87. The molecule has 1 saturated heterocycles. The summed E-state index contributed by atoms with van der Waals surface area (Å²) < 4.78 is 56.7. The van der Waals surface area contributed by atoms with Gasteiger partial charge in [-0.2, -0.15) is 13.2 Å². The van der Waals surface area contributed by atoms with E-state index in [0.717, 1.165) is 4.90 Å². The molecular weight excluding hydrogens is 356 g/mol. The number of ether oxygens (including phenoxy) is 1. The van der Waals surface area contributed by atoms with E-state index in [1.807, 2.05) is 0 Å². The minimum atomic E-state index is -4.86. The number of hydrogen-bond donors (Lipinski definition) is 2. The lowest BCUT2D eigenvalue weighted by molar-refractivity contribution is -0.917. The molecule has 1 atom stereocenters. The van der Waals surface area contributed by atoms with Crippen molar-refractivity contribution in [2.24, 2.45) is 0 Å². The van der Waals surface area contributed by atoms with E-state index in [-0.39, 0.29) is 18.9 Å². The SMILES string of the molecule is COc1ccc(F)cc1C[NH+]1CCN(C(=O)C[C@@](C)(O)C(F)(F)F)CC1. The number of amides is 1. The Morgan fingerprint density at radius 2 is 1.92 bits per heavy atom. The molecule has 1 aromatic rings. The highest BCUT2D eigenvalue weighted by atomic mass is 19.4. The number of hydrogen-bond acceptors (Lipinski definition) is 3. The number of nitrogens with zero attached hydrogens (tertiary/aromatic N) is 1. The van der Waals surface area contributed by atoms with Crippen LogP contribution in [0.15, 0.2) is 18.2 Å². The lowest BCUT2D eigenvalue weighted by atomic mass is 10.0. The number of halogens is 4. The average Bonchev–Trinajstić information content (AvgIpc) is 2.54. The predicted octanol–water partition coefficient (Wildman–Crippen LogP) is 0.765. The molecule has 146 valence electrons. The number of carbonyl (C=O) groups is 1. The third-order valence-corrected chi connectivity index (χ3v) is 4.61. The molecule has 5 nitrogen and oxygen atoms in total. The summed E-state index contributed by atoms with van der Waals surface area (Å²) in [5.74, 6) is -0.531. The van der Waals surface area contributed by atoms with Gasteiger partial charge in [-0.1, -0.05) is 0 Å². The van der Waals surface area contributed by atoms with E-state index in [1.165, 1.54) is 24.1 Å². The zero-order valence-corrected chi connectivity index (χ0v) is 14.7. The third-order valence-electron chi connectivity index (χ3n) is 4.61. The molecule has 0 spiro atoms. The number of rotatable bonds is 5. The van der Waals surface area contributed by atoms with E-state index >= 15 is 0 Å². The highest BCUT2D eigenvalue weighted by molar-refractivity contribution is 5.77. The van der Waals surface area contributed by atoms with Crippen molar-refractivity contribution in [2.75, 3.05) is 33.3 Å². The molecule has 0 radical (unpaired) electrons. The van der Waals surface area contributed by atoms with Gasteiger partial charge in [0.05, 0.1) is 45.3 Å². The zero-order chi connectivity index (χ0) is 19.5. The maximum absolute atomic E-state index is 13.4. The normalized spacial score (nSPS) is 18.5. The number of benzene rings is 1. The predicted molar refractivity (Wildman–Crippen MR) is 85.2 cm³/mol. The van der Waals surface area contributed by atoms with Crippen molar-refractivity contribution >= 4 is 5.91 Å². The first-order chi connectivity index (χ1) is 12.0. The summed E-state index contributed by atoms with van der Waals surface area (Å²) in [7, 11) is 1.50. The molecule has 1 heterocycles. The summed E-state index contributed by atoms with van der Waals surface area (Å²) in [4.78, 5) is 14.5. The van der Waals surface area contributed by atoms with Crippen LogP contribution in [-0.2, 0) is 11.3 Å². The minimum absolute atomic E-state index is 0.278. The van der Waals surface area contributed by atoms with Crippen LogP contribution in [-0.4, -0.2) is 61.0 Å². The second-order valence-electron chi connectivity index (χ2n) is 6.71. The zero-order valence-electron chi connectivity index (χ0n) is 14.7. The number of aliphatic hydroxyl groups is 1. The molecule has 1 aliphatic heterocycles. The Morgan fingerprint density at radius 1 is 1.31 bits per heavy atom. The van der Waals surface area contributed by atoms with Crippen LogP contribution in [0.1, 0.15) is 18.9 Å². The number of quaternary nitrogens is 1. The van der Waals surface area contributed by atoms with Crippen molar-refractivity contribution < 1.29 is 37.1 Å². The van der Waals surface area contributed by atoms with E-state index in [1.54, 1.807) is 6.07 Å². The number of methoxy groups -OCH3 is 1. The summed E-state index contributed by atoms with van der Waals surface area (Å²) in [6.07, 6.45) is -5.85. The summed E-state index contributed by atoms with van der Waals surface area (Å²) >= 11 is 0. The molecule has 0 saturated carbocycles. The van der Waals surface area contributed by atoms with Gasteiger partial charge in [0.15, 0.2) is 5.60 Å². The van der Waals surface area contributed by atoms with Crippen molar-refractivity contribution in [3.63, 3.8) is 0 Å². The molecule has 0 bridgehead atoms. The maximum atomic E-state index is 13.4. The van der Waals surface area contributed by atoms with Gasteiger partial charge in [-0.05, 0) is 25.1 Å². The fourth-order valence-corrected chi connectivity index (χ4v) is 2.91. The highest BCUT2D eigenvalue weighted by Gasteiger charge is 2.51. The van der Waals surface area contributed by atoms with Crippen molar-refractivity contribution in [2.45, 2.75) is 31.7 Å². The van der Waals surface area contributed by atoms with Gasteiger partial charge in [0.25, 0.3) is 0 Å². The number of carbonyl (C=O) groups excluding carboxylic acids is 1. The summed E-state index contributed by atoms with van der Waals surface area (Å²) in [5, 5.41) is 9.46. The minimum Gasteiger partial charge on any atom is -0.496 e. The van der Waals surface area contributed by atoms with Crippen LogP contribution in [0.4, 0.5) is 17.6 Å². The molecule has 0 aliphatic carbocycles. The molecule has 1 aliphatic rings. The maximum Gasteiger partial charge on any atom is 0.417 e. The van der Waals surface area contributed by atoms with E-state index in [0.29, 0.717) is 37.9 Å². The molecule has 1 fully saturated rings. The molecule has 0 unspecified atom stereocenters. The van der Waals surface area contributed by atoms with Crippen LogP contribution in [0.3, 0.4) is 0 Å². The van der Waals surface area contributed by atoms with Gasteiger partial charge in [-0.3, -0.25) is 4.79 Å². The van der Waals surface area contributed by atoms with Crippen molar-refractivity contribution in [3.8, 4) is 5.75 Å². The van der Waals surface area contributed by atoms with Crippen LogP contribution >= 0.6 is 0 Å². The molecule has 9 heteroatoms. The van der Waals surface area contributed by atoms with Gasteiger partial charge < -0.3 is 19.6 Å². The van der Waals surface area contributed by atoms with E-state index in [2.05, 4.69) is 0 Å². The molecule has 0 aromatic heterocycles. The van der Waals surface area contributed by atoms with Crippen LogP contribution in [0.25, 0.3) is 0 Å². The van der Waals surface area contributed by atoms with E-state index in [4.69, 9.17) is 4.74 Å². The molecular formula is C17H23F4N2O3+. The van der Waals surface area contributed by atoms with Crippen LogP contribution in [0.2, 0.25) is 0 Å². The van der Waals surface area contributed by atoms with Gasteiger partial charge in [-0.15, -0.1) is 0 Å². The fraction of sp³-hybridized carbons (Fsp3) is 0.588. The molecule has 2 N–H and O–H groups in total. The van der Waals surface area contributed by atoms with Crippen LogP contribution < -0.4 is 9.64 Å². The number of nitrogens with one attached hydrogen (secondary N) is 1. The largest absolute Gasteiger partial charge is 0.496 e. The quantitative estimate of drug-likeness (QED) is 0.743. The Morgan fingerprint density at radius 3 is 2.46 bits per heavy atom. The summed E-state index contributed by atoms with van der Waals surface area (Å²) in [6.45, 7) is 2.67. The standard InChI is InChI=1S/C17H22F4N2O3/c1-16(25,17(19,20)21)10-15(24)23-7-5-22(6-8-23)11-12-9-13(18)3-4-14(12)26-2/h3-4,9,25H,5-8,10-11H2,1-2H3/p+1/t16-/m1/s1. The van der Waals surface area contributed by atoms with E-state index in [9.17, 15) is 27.5 Å². The monoisotopic (exact) mass is 379 g/mol. The van der Waals surface area contributed by atoms with Gasteiger partial charge >= 0.3 is 6.18 Å². The molecule has 1 aromatic carbocycles. The number of alkyl halides is 3. The highest BCUT2D eigenvalue weighted by Crippen LogP contribution is 2.33. The first kappa shape index (κ1) is 20.4. The number of piperazine rings is 1. The second-order valence-corrected chi connectivity index (χ2v) is 6.71. The topological polar surface area (TPSA) is 54.2 Å². The lowest BCUT2D eigenvalue weighted by Gasteiger charge is -2.34. The van der Waals surface area contributed by atoms with Crippen LogP contribution in [0.5, 0.6) is 5.75 Å². The van der Waals surface area contributed by atoms with Gasteiger partial charge in [0, 0.05) is 0 Å². The molecule has 2 rings (SSSR count). The first-order valence-electron chi connectivity index (χ1n) is 8.26. The average molecular weight is 379 g/mol. The molecule has 26 heavy (non-hydrogen) atoms. The van der Waals surface area contributed by atoms with E-state index < -0.39 is 24.1 Å². The first-order valence-corrected chi connectivity index (χ1v) is 8.26. The lowest BCUT2D eigenvalue weighted by Crippen LogP contribution is -3.13. The second kappa shape index (κ2) is 7.79. The third kappa shape index (κ3) is 4.85. The Balaban J connectivity index is 1.91. The van der Waals surface area contributed by atoms with Crippen molar-refractivity contribution in [3.05, 3.63) is 29.6 Å². The van der Waals surface area contributed by atoms with Crippen molar-refractivity contribution in [1.29, 1.82) is 0 Å². The molecule has 1 amide bonds. The summed E-state index contributed by atoms with van der Waals surface area (Å²) in [6, 6.07) is 4.24. The van der Waals surface area contributed by atoms with Gasteiger partial charge in [-0.25, -0.2) is 4.39 Å². The Labute approximate surface area is 149 Å². The smallest absolute Gasteiger partial charge is 0.417 e. The summed E-state index contributed by atoms with van der Waals surface area (Å²) in [5.41, 5.74) is -2.34.